The van der Waals surface area contributed by atoms with E-state index in [2.05, 4.69) is 10.6 Å². The van der Waals surface area contributed by atoms with Crippen LogP contribution in [0.1, 0.15) is 18.5 Å². The molecule has 2 amide bonds. The molecule has 6 nitrogen and oxygen atoms in total. The van der Waals surface area contributed by atoms with Gasteiger partial charge in [0.2, 0.25) is 0 Å². The number of aliphatic hydroxyl groups excluding tert-OH is 1. The number of esters is 1. The number of rotatable bonds is 4. The van der Waals surface area contributed by atoms with Crippen LogP contribution < -0.4 is 10.6 Å². The lowest BCUT2D eigenvalue weighted by molar-refractivity contribution is -0.139. The Balaban J connectivity index is 2.46. The third kappa shape index (κ3) is 3.34. The van der Waals surface area contributed by atoms with Crippen LogP contribution in [0.4, 0.5) is 4.79 Å². The van der Waals surface area contributed by atoms with Crippen LogP contribution in [0.3, 0.4) is 0 Å². The van der Waals surface area contributed by atoms with Crippen molar-refractivity contribution in [3.63, 3.8) is 0 Å². The number of carbonyl (C=O) groups excluding carboxylic acids is 2. The predicted octanol–water partition coefficient (Wildman–Crippen LogP) is 1.50. The number of aliphatic hydroxyl groups is 1. The molecule has 1 aromatic rings. The molecule has 0 aromatic heterocycles. The number of carbonyl (C=O) groups is 2. The number of hydrogen-bond acceptors (Lipinski definition) is 4. The highest BCUT2D eigenvalue weighted by Gasteiger charge is 2.33. The number of halogens is 1. The van der Waals surface area contributed by atoms with Gasteiger partial charge in [-0.2, -0.15) is 0 Å². The number of hydrogen-bond donors (Lipinski definition) is 3. The van der Waals surface area contributed by atoms with Gasteiger partial charge in [0.05, 0.1) is 30.5 Å². The Kier molecular flexibility index (Phi) is 4.82. The van der Waals surface area contributed by atoms with Gasteiger partial charge >= 0.3 is 12.0 Å². The molecule has 1 aromatic carbocycles. The normalized spacial score (nSPS) is 18.0. The molecule has 1 aliphatic rings. The summed E-state index contributed by atoms with van der Waals surface area (Å²) in [6, 6.07) is 5.53. The van der Waals surface area contributed by atoms with Crippen molar-refractivity contribution < 1.29 is 19.4 Å². The summed E-state index contributed by atoms with van der Waals surface area (Å²) >= 11 is 5.84. The van der Waals surface area contributed by atoms with Crippen LogP contribution in [0.2, 0.25) is 5.02 Å². The van der Waals surface area contributed by atoms with Crippen LogP contribution in [-0.2, 0) is 9.53 Å². The second-order valence-electron chi connectivity index (χ2n) is 4.35. The molecule has 0 saturated heterocycles. The zero-order valence-electron chi connectivity index (χ0n) is 11.4. The minimum atomic E-state index is -0.697. The SMILES string of the molecule is CCOC(=O)C1=C(CO)NC(=O)N[C@@H]1c1ccc(Cl)cc1. The van der Waals surface area contributed by atoms with Gasteiger partial charge < -0.3 is 20.5 Å². The minimum absolute atomic E-state index is 0.136. The van der Waals surface area contributed by atoms with Gasteiger partial charge in [-0.3, -0.25) is 0 Å². The van der Waals surface area contributed by atoms with Crippen LogP contribution in [0.5, 0.6) is 0 Å². The van der Waals surface area contributed by atoms with Gasteiger partial charge in [0.1, 0.15) is 0 Å². The highest BCUT2D eigenvalue weighted by Crippen LogP contribution is 2.28. The number of amides is 2. The highest BCUT2D eigenvalue weighted by molar-refractivity contribution is 6.30. The lowest BCUT2D eigenvalue weighted by atomic mass is 9.95. The highest BCUT2D eigenvalue weighted by atomic mass is 35.5. The van der Waals surface area contributed by atoms with E-state index in [0.717, 1.165) is 0 Å². The van der Waals surface area contributed by atoms with Gasteiger partial charge in [0, 0.05) is 5.02 Å². The molecule has 0 unspecified atom stereocenters. The lowest BCUT2D eigenvalue weighted by Gasteiger charge is -2.28. The van der Waals surface area contributed by atoms with E-state index in [1.54, 1.807) is 31.2 Å². The van der Waals surface area contributed by atoms with E-state index in [1.807, 2.05) is 0 Å². The molecule has 0 saturated carbocycles. The number of nitrogens with one attached hydrogen (secondary N) is 2. The van der Waals surface area contributed by atoms with Crippen molar-refractivity contribution in [2.24, 2.45) is 0 Å². The fourth-order valence-corrected chi connectivity index (χ4v) is 2.22. The Morgan fingerprint density at radius 2 is 2.05 bits per heavy atom. The molecule has 3 N–H and O–H groups in total. The summed E-state index contributed by atoms with van der Waals surface area (Å²) in [6.45, 7) is 1.41. The third-order valence-electron chi connectivity index (χ3n) is 3.01. The molecule has 0 aliphatic carbocycles. The maximum Gasteiger partial charge on any atom is 0.338 e. The second-order valence-corrected chi connectivity index (χ2v) is 4.79. The van der Waals surface area contributed by atoms with E-state index < -0.39 is 24.6 Å². The number of ether oxygens (including phenoxy) is 1. The topological polar surface area (TPSA) is 87.7 Å². The first kappa shape index (κ1) is 15.3. The molecule has 112 valence electrons. The smallest absolute Gasteiger partial charge is 0.338 e. The third-order valence-corrected chi connectivity index (χ3v) is 3.26. The van der Waals surface area contributed by atoms with Gasteiger partial charge in [0.15, 0.2) is 0 Å². The van der Waals surface area contributed by atoms with Gasteiger partial charge in [-0.1, -0.05) is 23.7 Å². The molecule has 21 heavy (non-hydrogen) atoms. The van der Waals surface area contributed by atoms with Crippen LogP contribution in [0.15, 0.2) is 35.5 Å². The van der Waals surface area contributed by atoms with E-state index >= 15 is 0 Å². The Morgan fingerprint density at radius 3 is 2.62 bits per heavy atom. The van der Waals surface area contributed by atoms with E-state index in [-0.39, 0.29) is 17.9 Å². The van der Waals surface area contributed by atoms with E-state index in [0.29, 0.717) is 10.6 Å². The summed E-state index contributed by atoms with van der Waals surface area (Å²) in [6.07, 6.45) is 0. The summed E-state index contributed by atoms with van der Waals surface area (Å²) in [7, 11) is 0. The van der Waals surface area contributed by atoms with E-state index in [1.165, 1.54) is 0 Å². The molecule has 0 bridgehead atoms. The zero-order chi connectivity index (χ0) is 15.4. The first-order valence-electron chi connectivity index (χ1n) is 6.40. The van der Waals surface area contributed by atoms with Crippen molar-refractivity contribution in [1.82, 2.24) is 10.6 Å². The molecular formula is C14H15ClN2O4. The van der Waals surface area contributed by atoms with Crippen LogP contribution in [-0.4, -0.2) is 30.3 Å². The largest absolute Gasteiger partial charge is 0.463 e. The fraction of sp³-hybridized carbons (Fsp3) is 0.286. The van der Waals surface area contributed by atoms with Crippen molar-refractivity contribution in [1.29, 1.82) is 0 Å². The van der Waals surface area contributed by atoms with Crippen molar-refractivity contribution in [2.75, 3.05) is 13.2 Å². The fourth-order valence-electron chi connectivity index (χ4n) is 2.10. The first-order chi connectivity index (χ1) is 10.1. The molecule has 1 aliphatic heterocycles. The summed E-state index contributed by atoms with van der Waals surface area (Å²) in [5, 5.41) is 15.0. The molecule has 0 spiro atoms. The minimum Gasteiger partial charge on any atom is -0.463 e. The number of benzene rings is 1. The van der Waals surface area contributed by atoms with E-state index in [4.69, 9.17) is 16.3 Å². The quantitative estimate of drug-likeness (QED) is 0.736. The second kappa shape index (κ2) is 6.60. The number of urea groups is 1. The Bertz CT molecular complexity index is 583. The molecule has 0 radical (unpaired) electrons. The van der Waals surface area contributed by atoms with Crippen molar-refractivity contribution in [2.45, 2.75) is 13.0 Å². The molecule has 7 heteroatoms. The van der Waals surface area contributed by atoms with Gasteiger partial charge in [0.25, 0.3) is 0 Å². The summed E-state index contributed by atoms with van der Waals surface area (Å²) in [5.41, 5.74) is 0.988. The zero-order valence-corrected chi connectivity index (χ0v) is 12.1. The Hall–Kier alpha value is -2.05. The molecule has 1 atom stereocenters. The molecular weight excluding hydrogens is 296 g/mol. The van der Waals surface area contributed by atoms with Gasteiger partial charge in [-0.15, -0.1) is 0 Å². The predicted molar refractivity (Wildman–Crippen MR) is 76.6 cm³/mol. The summed E-state index contributed by atoms with van der Waals surface area (Å²) in [4.78, 5) is 23.8. The first-order valence-corrected chi connectivity index (χ1v) is 6.78. The molecule has 2 rings (SSSR count). The summed E-state index contributed by atoms with van der Waals surface area (Å²) < 4.78 is 5.00. The Morgan fingerprint density at radius 1 is 1.38 bits per heavy atom. The van der Waals surface area contributed by atoms with Crippen molar-refractivity contribution in [3.8, 4) is 0 Å². The van der Waals surface area contributed by atoms with Gasteiger partial charge in [-0.05, 0) is 24.6 Å². The monoisotopic (exact) mass is 310 g/mol. The summed E-state index contributed by atoms with van der Waals surface area (Å²) in [5.74, 6) is -0.589. The maximum absolute atomic E-state index is 12.1. The lowest BCUT2D eigenvalue weighted by Crippen LogP contribution is -2.46. The molecule has 1 heterocycles. The van der Waals surface area contributed by atoms with Crippen LogP contribution >= 0.6 is 11.6 Å². The van der Waals surface area contributed by atoms with E-state index in [9.17, 15) is 14.7 Å². The van der Waals surface area contributed by atoms with Crippen LogP contribution in [0.25, 0.3) is 0 Å². The standard InChI is InChI=1S/C14H15ClN2O4/c1-2-21-13(19)11-10(7-18)16-14(20)17-12(11)8-3-5-9(15)6-4-8/h3-6,12,18H,2,7H2,1H3,(H2,16,17,20)/t12-/m1/s1. The average Bonchev–Trinajstić information content (AvgIpc) is 2.47. The van der Waals surface area contributed by atoms with Crippen LogP contribution in [0, 0.1) is 0 Å². The average molecular weight is 311 g/mol. The van der Waals surface area contributed by atoms with Crippen molar-refractivity contribution >= 4 is 23.6 Å². The molecule has 0 fully saturated rings. The Labute approximate surface area is 126 Å². The van der Waals surface area contributed by atoms with Crippen molar-refractivity contribution in [3.05, 3.63) is 46.1 Å². The maximum atomic E-state index is 12.1. The van der Waals surface area contributed by atoms with Gasteiger partial charge in [-0.25, -0.2) is 9.59 Å².